The van der Waals surface area contributed by atoms with E-state index in [2.05, 4.69) is 42.9 Å². The van der Waals surface area contributed by atoms with E-state index in [-0.39, 0.29) is 11.3 Å². The number of H-pyrrole nitrogens is 1. The van der Waals surface area contributed by atoms with Gasteiger partial charge in [-0.05, 0) is 6.92 Å². The van der Waals surface area contributed by atoms with Crippen LogP contribution in [-0.4, -0.2) is 16.1 Å². The monoisotopic (exact) mass is 207 g/mol. The van der Waals surface area contributed by atoms with Gasteiger partial charge in [-0.2, -0.15) is 5.10 Å². The molecule has 0 fully saturated rings. The van der Waals surface area contributed by atoms with Crippen molar-refractivity contribution in [3.63, 3.8) is 0 Å². The van der Waals surface area contributed by atoms with Gasteiger partial charge >= 0.3 is 0 Å². The number of nitrogens with zero attached hydrogens (tertiary/aromatic N) is 1. The van der Waals surface area contributed by atoms with Crippen LogP contribution in [0.15, 0.2) is 18.2 Å². The van der Waals surface area contributed by atoms with E-state index in [1.54, 1.807) is 6.92 Å². The lowest BCUT2D eigenvalue weighted by molar-refractivity contribution is -0.112. The summed E-state index contributed by atoms with van der Waals surface area (Å²) in [4.78, 5) is 11.3. The van der Waals surface area contributed by atoms with E-state index < -0.39 is 0 Å². The Morgan fingerprint density at radius 2 is 2.13 bits per heavy atom. The van der Waals surface area contributed by atoms with E-state index in [0.717, 1.165) is 5.69 Å². The summed E-state index contributed by atoms with van der Waals surface area (Å²) in [6.07, 6.45) is 0. The Balaban J connectivity index is 2.78. The molecule has 0 spiro atoms. The van der Waals surface area contributed by atoms with Crippen LogP contribution in [0.3, 0.4) is 0 Å². The summed E-state index contributed by atoms with van der Waals surface area (Å²) >= 11 is 0. The van der Waals surface area contributed by atoms with Crippen molar-refractivity contribution in [1.29, 1.82) is 0 Å². The molecule has 15 heavy (non-hydrogen) atoms. The summed E-state index contributed by atoms with van der Waals surface area (Å²) in [5, 5.41) is 9.56. The third kappa shape index (κ3) is 2.94. The number of aromatic amines is 1. The second-order valence-corrected chi connectivity index (χ2v) is 4.65. The van der Waals surface area contributed by atoms with Crippen molar-refractivity contribution in [3.8, 4) is 0 Å². The molecule has 0 aliphatic rings. The van der Waals surface area contributed by atoms with Gasteiger partial charge in [-0.3, -0.25) is 9.89 Å². The van der Waals surface area contributed by atoms with E-state index >= 15 is 0 Å². The first-order chi connectivity index (χ1) is 6.80. The van der Waals surface area contributed by atoms with Gasteiger partial charge in [-0.15, -0.1) is 0 Å². The molecule has 1 amide bonds. The van der Waals surface area contributed by atoms with Crippen molar-refractivity contribution in [3.05, 3.63) is 23.9 Å². The van der Waals surface area contributed by atoms with Crippen LogP contribution in [0.4, 0.5) is 5.82 Å². The van der Waals surface area contributed by atoms with Crippen LogP contribution in [0, 0.1) is 0 Å². The second kappa shape index (κ2) is 3.88. The van der Waals surface area contributed by atoms with Crippen molar-refractivity contribution in [2.45, 2.75) is 33.1 Å². The van der Waals surface area contributed by atoms with Crippen molar-refractivity contribution in [2.24, 2.45) is 0 Å². The van der Waals surface area contributed by atoms with E-state index in [9.17, 15) is 4.79 Å². The molecule has 1 aromatic heterocycles. The highest BCUT2D eigenvalue weighted by Gasteiger charge is 2.17. The molecule has 0 aliphatic carbocycles. The van der Waals surface area contributed by atoms with Crippen LogP contribution in [-0.2, 0) is 10.2 Å². The van der Waals surface area contributed by atoms with Crippen LogP contribution in [0.1, 0.15) is 33.4 Å². The lowest BCUT2D eigenvalue weighted by Crippen LogP contribution is -2.12. The number of carbonyl (C=O) groups excluding carboxylic acids is 1. The molecule has 2 N–H and O–H groups in total. The predicted molar refractivity (Wildman–Crippen MR) is 60.7 cm³/mol. The summed E-state index contributed by atoms with van der Waals surface area (Å²) < 4.78 is 0. The molecule has 0 bridgehead atoms. The molecule has 82 valence electrons. The summed E-state index contributed by atoms with van der Waals surface area (Å²) in [5.41, 5.74) is 1.45. The van der Waals surface area contributed by atoms with Gasteiger partial charge in [0, 0.05) is 22.7 Å². The fourth-order valence-corrected chi connectivity index (χ4v) is 0.993. The normalized spacial score (nSPS) is 11.2. The third-order valence-corrected chi connectivity index (χ3v) is 2.02. The van der Waals surface area contributed by atoms with Crippen LogP contribution in [0.5, 0.6) is 0 Å². The first-order valence-electron chi connectivity index (χ1n) is 4.83. The number of aromatic nitrogens is 2. The fraction of sp³-hybridized carbons (Fsp3) is 0.455. The summed E-state index contributed by atoms with van der Waals surface area (Å²) in [6.45, 7) is 11.4. The maximum Gasteiger partial charge on any atom is 0.251 e. The molecule has 0 aromatic carbocycles. The highest BCUT2D eigenvalue weighted by Crippen LogP contribution is 2.21. The molecule has 4 nitrogen and oxygen atoms in total. The SMILES string of the molecule is C=C(C)C(=O)Nc1cc(C(C)(C)C)[nH]n1. The van der Waals surface area contributed by atoms with Crippen molar-refractivity contribution in [1.82, 2.24) is 10.2 Å². The zero-order chi connectivity index (χ0) is 11.6. The molecule has 4 heteroatoms. The number of amides is 1. The molecule has 1 aromatic rings. The van der Waals surface area contributed by atoms with Gasteiger partial charge in [-0.25, -0.2) is 0 Å². The van der Waals surface area contributed by atoms with E-state index in [1.165, 1.54) is 0 Å². The predicted octanol–water partition coefficient (Wildman–Crippen LogP) is 2.22. The fourth-order valence-electron chi connectivity index (χ4n) is 0.993. The van der Waals surface area contributed by atoms with Crippen LogP contribution >= 0.6 is 0 Å². The lowest BCUT2D eigenvalue weighted by Gasteiger charge is -2.14. The van der Waals surface area contributed by atoms with Crippen LogP contribution in [0.25, 0.3) is 0 Å². The van der Waals surface area contributed by atoms with Crippen LogP contribution < -0.4 is 5.32 Å². The molecule has 1 rings (SSSR count). The number of nitrogens with one attached hydrogen (secondary N) is 2. The smallest absolute Gasteiger partial charge is 0.251 e. The summed E-state index contributed by atoms with van der Waals surface area (Å²) in [7, 11) is 0. The largest absolute Gasteiger partial charge is 0.305 e. The van der Waals surface area contributed by atoms with E-state index in [1.807, 2.05) is 6.07 Å². The standard InChI is InChI=1S/C11H17N3O/c1-7(2)10(15)12-9-6-8(13-14-9)11(3,4)5/h6H,1H2,2-5H3,(H2,12,13,14,15). The molecule has 0 aliphatic heterocycles. The Morgan fingerprint density at radius 3 is 2.53 bits per heavy atom. The number of hydrogen-bond donors (Lipinski definition) is 2. The summed E-state index contributed by atoms with van der Waals surface area (Å²) in [6, 6.07) is 1.83. The molecule has 0 saturated heterocycles. The Labute approximate surface area is 89.8 Å². The van der Waals surface area contributed by atoms with Gasteiger partial charge in [0.25, 0.3) is 5.91 Å². The maximum absolute atomic E-state index is 11.3. The first-order valence-corrected chi connectivity index (χ1v) is 4.83. The molecular weight excluding hydrogens is 190 g/mol. The summed E-state index contributed by atoms with van der Waals surface area (Å²) in [5.74, 6) is 0.329. The maximum atomic E-state index is 11.3. The van der Waals surface area contributed by atoms with Gasteiger partial charge in [0.05, 0.1) is 0 Å². The number of anilines is 1. The Kier molecular flexibility index (Phi) is 2.98. The van der Waals surface area contributed by atoms with Gasteiger partial charge in [0.2, 0.25) is 0 Å². The Bertz CT molecular complexity index is 385. The van der Waals surface area contributed by atoms with Gasteiger partial charge in [0.1, 0.15) is 0 Å². The minimum Gasteiger partial charge on any atom is -0.305 e. The lowest BCUT2D eigenvalue weighted by atomic mass is 9.92. The number of rotatable bonds is 2. The molecule has 0 saturated carbocycles. The van der Waals surface area contributed by atoms with E-state index in [0.29, 0.717) is 11.4 Å². The van der Waals surface area contributed by atoms with Gasteiger partial charge in [-0.1, -0.05) is 27.4 Å². The average Bonchev–Trinajstić information content (AvgIpc) is 2.51. The quantitative estimate of drug-likeness (QED) is 0.730. The van der Waals surface area contributed by atoms with Gasteiger partial charge < -0.3 is 5.32 Å². The van der Waals surface area contributed by atoms with Crippen LogP contribution in [0.2, 0.25) is 0 Å². The average molecular weight is 207 g/mol. The number of hydrogen-bond acceptors (Lipinski definition) is 2. The van der Waals surface area contributed by atoms with Crippen molar-refractivity contribution < 1.29 is 4.79 Å². The molecule has 0 atom stereocenters. The minimum absolute atomic E-state index is 0.000792. The van der Waals surface area contributed by atoms with Crippen molar-refractivity contribution >= 4 is 11.7 Å². The molecular formula is C11H17N3O. The highest BCUT2D eigenvalue weighted by molar-refractivity contribution is 6.02. The van der Waals surface area contributed by atoms with E-state index in [4.69, 9.17) is 0 Å². The third-order valence-electron chi connectivity index (χ3n) is 2.02. The minimum atomic E-state index is -0.207. The Hall–Kier alpha value is -1.58. The molecule has 1 heterocycles. The zero-order valence-corrected chi connectivity index (χ0v) is 9.64. The first kappa shape index (κ1) is 11.5. The Morgan fingerprint density at radius 1 is 1.53 bits per heavy atom. The number of carbonyl (C=O) groups is 1. The zero-order valence-electron chi connectivity index (χ0n) is 9.64. The van der Waals surface area contributed by atoms with Gasteiger partial charge in [0.15, 0.2) is 5.82 Å². The second-order valence-electron chi connectivity index (χ2n) is 4.65. The topological polar surface area (TPSA) is 57.8 Å². The highest BCUT2D eigenvalue weighted by atomic mass is 16.1. The molecule has 0 unspecified atom stereocenters. The van der Waals surface area contributed by atoms with Crippen molar-refractivity contribution in [2.75, 3.05) is 5.32 Å². The molecule has 0 radical (unpaired) electrons.